The lowest BCUT2D eigenvalue weighted by atomic mass is 10.0. The Morgan fingerprint density at radius 3 is 2.81 bits per heavy atom. The van der Waals surface area contributed by atoms with E-state index in [2.05, 4.69) is 9.97 Å². The largest absolute Gasteiger partial charge is 0.365 e. The molecule has 0 amide bonds. The highest BCUT2D eigenvalue weighted by molar-refractivity contribution is 6.21. The van der Waals surface area contributed by atoms with Gasteiger partial charge >= 0.3 is 5.38 Å². The fourth-order valence-corrected chi connectivity index (χ4v) is 2.75. The SMILES string of the molecule is CCCC1COC(CCC)(c2cncnc2C(F)(F)Cl)O1. The zero-order chi connectivity index (χ0) is 15.5. The Hall–Kier alpha value is -0.850. The maximum Gasteiger partial charge on any atom is 0.365 e. The number of aromatic nitrogens is 2. The molecule has 0 aliphatic carbocycles. The molecule has 1 aromatic heterocycles. The van der Waals surface area contributed by atoms with Crippen molar-refractivity contribution < 1.29 is 18.3 Å². The predicted octanol–water partition coefficient (Wildman–Crippen LogP) is 3.93. The van der Waals surface area contributed by atoms with Crippen LogP contribution in [0.3, 0.4) is 0 Å². The van der Waals surface area contributed by atoms with Crippen LogP contribution in [0, 0.1) is 0 Å². The summed E-state index contributed by atoms with van der Waals surface area (Å²) in [6.07, 6.45) is 5.14. The van der Waals surface area contributed by atoms with Crippen LogP contribution in [-0.2, 0) is 20.6 Å². The Kier molecular flexibility index (Phi) is 5.11. The maximum absolute atomic E-state index is 13.6. The van der Waals surface area contributed by atoms with E-state index in [9.17, 15) is 8.78 Å². The smallest absolute Gasteiger partial charge is 0.343 e. The lowest BCUT2D eigenvalue weighted by molar-refractivity contribution is -0.184. The van der Waals surface area contributed by atoms with Gasteiger partial charge in [0, 0.05) is 12.6 Å². The average molecular weight is 321 g/mol. The van der Waals surface area contributed by atoms with Crippen LogP contribution in [0.5, 0.6) is 0 Å². The molecule has 1 aliphatic rings. The van der Waals surface area contributed by atoms with Crippen LogP contribution in [-0.4, -0.2) is 22.7 Å². The van der Waals surface area contributed by atoms with Crippen LogP contribution in [0.2, 0.25) is 0 Å². The molecule has 2 heterocycles. The topological polar surface area (TPSA) is 44.2 Å². The molecule has 4 nitrogen and oxygen atoms in total. The molecule has 0 spiro atoms. The molecule has 1 aliphatic heterocycles. The van der Waals surface area contributed by atoms with E-state index >= 15 is 0 Å². The first kappa shape index (κ1) is 16.5. The van der Waals surface area contributed by atoms with Gasteiger partial charge in [-0.2, -0.15) is 8.78 Å². The third-order valence-corrected chi connectivity index (χ3v) is 3.62. The van der Waals surface area contributed by atoms with Gasteiger partial charge in [0.05, 0.1) is 18.3 Å². The summed E-state index contributed by atoms with van der Waals surface area (Å²) in [5.41, 5.74) is -0.435. The van der Waals surface area contributed by atoms with E-state index < -0.39 is 16.9 Å². The molecule has 1 fully saturated rings. The molecule has 1 aromatic rings. The summed E-state index contributed by atoms with van der Waals surface area (Å²) in [4.78, 5) is 7.48. The fourth-order valence-electron chi connectivity index (χ4n) is 2.60. The highest BCUT2D eigenvalue weighted by Gasteiger charge is 2.48. The highest BCUT2D eigenvalue weighted by atomic mass is 35.5. The second-order valence-corrected chi connectivity index (χ2v) is 5.60. The van der Waals surface area contributed by atoms with Crippen molar-refractivity contribution in [3.8, 4) is 0 Å². The van der Waals surface area contributed by atoms with Gasteiger partial charge in [-0.25, -0.2) is 9.97 Å². The molecule has 2 rings (SSSR count). The van der Waals surface area contributed by atoms with Gasteiger partial charge in [0.1, 0.15) is 12.0 Å². The third kappa shape index (κ3) is 3.49. The molecular formula is C14H19ClF2N2O2. The zero-order valence-corrected chi connectivity index (χ0v) is 12.9. The van der Waals surface area contributed by atoms with E-state index in [1.807, 2.05) is 13.8 Å². The van der Waals surface area contributed by atoms with Gasteiger partial charge in [0.2, 0.25) is 0 Å². The van der Waals surface area contributed by atoms with Gasteiger partial charge in [-0.3, -0.25) is 0 Å². The molecule has 7 heteroatoms. The van der Waals surface area contributed by atoms with E-state index in [1.165, 1.54) is 6.20 Å². The summed E-state index contributed by atoms with van der Waals surface area (Å²) in [5, 5.41) is -3.59. The zero-order valence-electron chi connectivity index (χ0n) is 12.1. The summed E-state index contributed by atoms with van der Waals surface area (Å²) in [6, 6.07) is 0. The summed E-state index contributed by atoms with van der Waals surface area (Å²) in [6.45, 7) is 4.34. The quantitative estimate of drug-likeness (QED) is 0.745. The third-order valence-electron chi connectivity index (χ3n) is 3.44. The van der Waals surface area contributed by atoms with Crippen molar-refractivity contribution in [2.75, 3.05) is 6.61 Å². The minimum atomic E-state index is -3.59. The number of ether oxygens (including phenoxy) is 2. The van der Waals surface area contributed by atoms with Crippen molar-refractivity contribution in [2.24, 2.45) is 0 Å². The van der Waals surface area contributed by atoms with Crippen molar-refractivity contribution in [3.63, 3.8) is 0 Å². The van der Waals surface area contributed by atoms with Gasteiger partial charge in [0.25, 0.3) is 0 Å². The molecule has 21 heavy (non-hydrogen) atoms. The lowest BCUT2D eigenvalue weighted by Crippen LogP contribution is -2.32. The van der Waals surface area contributed by atoms with Crippen LogP contribution >= 0.6 is 11.6 Å². The Bertz CT molecular complexity index is 484. The Labute approximate surface area is 127 Å². The van der Waals surface area contributed by atoms with Crippen molar-refractivity contribution in [1.82, 2.24) is 9.97 Å². The number of hydrogen-bond acceptors (Lipinski definition) is 4. The van der Waals surface area contributed by atoms with Crippen molar-refractivity contribution in [2.45, 2.75) is 56.8 Å². The van der Waals surface area contributed by atoms with Crippen LogP contribution in [0.4, 0.5) is 8.78 Å². The number of alkyl halides is 3. The second-order valence-electron chi connectivity index (χ2n) is 5.13. The minimum Gasteiger partial charge on any atom is -0.343 e. The summed E-state index contributed by atoms with van der Waals surface area (Å²) >= 11 is 5.17. The van der Waals surface area contributed by atoms with E-state index in [0.29, 0.717) is 19.4 Å². The lowest BCUT2D eigenvalue weighted by Gasteiger charge is -2.30. The van der Waals surface area contributed by atoms with Crippen LogP contribution in [0.1, 0.15) is 50.8 Å². The molecule has 0 bridgehead atoms. The molecule has 0 saturated carbocycles. The van der Waals surface area contributed by atoms with Gasteiger partial charge in [-0.15, -0.1) is 0 Å². The van der Waals surface area contributed by atoms with Gasteiger partial charge in [0.15, 0.2) is 5.79 Å². The monoisotopic (exact) mass is 320 g/mol. The van der Waals surface area contributed by atoms with Crippen LogP contribution in [0.25, 0.3) is 0 Å². The maximum atomic E-state index is 13.6. The van der Waals surface area contributed by atoms with Crippen LogP contribution < -0.4 is 0 Å². The molecule has 0 radical (unpaired) electrons. The van der Waals surface area contributed by atoms with Gasteiger partial charge < -0.3 is 9.47 Å². The molecule has 2 atom stereocenters. The predicted molar refractivity (Wildman–Crippen MR) is 74.1 cm³/mol. The Morgan fingerprint density at radius 2 is 2.19 bits per heavy atom. The van der Waals surface area contributed by atoms with Gasteiger partial charge in [-0.1, -0.05) is 26.7 Å². The number of hydrogen-bond donors (Lipinski definition) is 0. The van der Waals surface area contributed by atoms with Gasteiger partial charge in [-0.05, 0) is 18.0 Å². The number of nitrogens with zero attached hydrogens (tertiary/aromatic N) is 2. The highest BCUT2D eigenvalue weighted by Crippen LogP contribution is 2.44. The van der Waals surface area contributed by atoms with Crippen molar-refractivity contribution in [1.29, 1.82) is 0 Å². The molecular weight excluding hydrogens is 302 g/mol. The van der Waals surface area contributed by atoms with E-state index in [4.69, 9.17) is 21.1 Å². The first-order chi connectivity index (χ1) is 9.93. The summed E-state index contributed by atoms with van der Waals surface area (Å²) in [5.74, 6) is -1.23. The fraction of sp³-hybridized carbons (Fsp3) is 0.714. The minimum absolute atomic E-state index is 0.112. The molecule has 2 unspecified atom stereocenters. The van der Waals surface area contributed by atoms with Crippen molar-refractivity contribution >= 4 is 11.6 Å². The number of halogens is 3. The van der Waals surface area contributed by atoms with E-state index in [1.54, 1.807) is 0 Å². The average Bonchev–Trinajstić information content (AvgIpc) is 2.83. The van der Waals surface area contributed by atoms with E-state index in [0.717, 1.165) is 19.2 Å². The van der Waals surface area contributed by atoms with Crippen LogP contribution in [0.15, 0.2) is 12.5 Å². The number of rotatable bonds is 6. The summed E-state index contributed by atoms with van der Waals surface area (Å²) in [7, 11) is 0. The Morgan fingerprint density at radius 1 is 1.43 bits per heavy atom. The second kappa shape index (κ2) is 6.50. The first-order valence-electron chi connectivity index (χ1n) is 7.12. The molecule has 1 saturated heterocycles. The summed E-state index contributed by atoms with van der Waals surface area (Å²) < 4.78 is 38.9. The standard InChI is InChI=1S/C14H19ClF2N2O2/c1-3-5-10-8-20-13(21-10,6-4-2)11-7-18-9-19-12(11)14(15,16)17/h7,9-10H,3-6,8H2,1-2H3. The van der Waals surface area contributed by atoms with Crippen molar-refractivity contribution in [3.05, 3.63) is 23.8 Å². The molecule has 0 aromatic carbocycles. The molecule has 118 valence electrons. The normalized spacial score (nSPS) is 26.2. The molecule has 0 N–H and O–H groups in total. The van der Waals surface area contributed by atoms with E-state index in [-0.39, 0.29) is 11.7 Å². The first-order valence-corrected chi connectivity index (χ1v) is 7.50. The Balaban J connectivity index is 2.40.